The average Bonchev–Trinajstić information content (AvgIpc) is 2.80. The highest BCUT2D eigenvalue weighted by Gasteiger charge is 2.36. The van der Waals surface area contributed by atoms with E-state index in [4.69, 9.17) is 9.47 Å². The number of nitrogens with zero attached hydrogens (tertiary/aromatic N) is 3. The van der Waals surface area contributed by atoms with Crippen molar-refractivity contribution in [2.24, 2.45) is 11.3 Å². The van der Waals surface area contributed by atoms with E-state index in [1.54, 1.807) is 33.2 Å². The Morgan fingerprint density at radius 2 is 1.83 bits per heavy atom. The second kappa shape index (κ2) is 11.1. The molecule has 3 rings (SSSR count). The number of aromatic nitrogens is 2. The van der Waals surface area contributed by atoms with Gasteiger partial charge in [-0.25, -0.2) is 9.18 Å². The smallest absolute Gasteiger partial charge is 0.337 e. The predicted octanol–water partition coefficient (Wildman–Crippen LogP) is 6.22. The van der Waals surface area contributed by atoms with Gasteiger partial charge in [-0.1, -0.05) is 27.7 Å². The van der Waals surface area contributed by atoms with Gasteiger partial charge in [0.15, 0.2) is 6.10 Å². The molecule has 0 aromatic carbocycles. The zero-order valence-corrected chi connectivity index (χ0v) is 22.6. The number of hydrogen-bond donors (Lipinski definition) is 1. The number of hydrogen-bond acceptors (Lipinski definition) is 6. The van der Waals surface area contributed by atoms with Gasteiger partial charge in [0.2, 0.25) is 0 Å². The number of anilines is 1. The number of piperidine rings is 1. The number of carboxylic acid groups (broad SMARTS) is 1. The summed E-state index contributed by atoms with van der Waals surface area (Å²) in [5.74, 6) is -0.139. The van der Waals surface area contributed by atoms with E-state index in [9.17, 15) is 14.3 Å². The number of ether oxygens (including phenoxy) is 2. The van der Waals surface area contributed by atoms with Gasteiger partial charge in [-0.3, -0.25) is 9.97 Å². The molecular weight excluding hydrogens is 461 g/mol. The predicted molar refractivity (Wildman–Crippen MR) is 139 cm³/mol. The molecule has 1 atom stereocenters. The molecule has 0 unspecified atom stereocenters. The fourth-order valence-electron chi connectivity index (χ4n) is 4.27. The molecule has 0 saturated carbocycles. The molecule has 3 heterocycles. The first-order chi connectivity index (χ1) is 16.8. The number of halogens is 1. The number of pyridine rings is 2. The molecule has 1 N–H and O–H groups in total. The summed E-state index contributed by atoms with van der Waals surface area (Å²) in [5, 5.41) is 10.2. The van der Waals surface area contributed by atoms with Crippen LogP contribution < -0.4 is 9.64 Å². The minimum atomic E-state index is -1.37. The Balaban J connectivity index is 2.17. The SMILES string of the molecule is CC(C)COc1ccc(-c2cnc(CF)c([C@H](OC(C)(C)C)C(=O)O)c2N2CCC(C)(C)CC2)nc1. The van der Waals surface area contributed by atoms with Crippen molar-refractivity contribution in [2.75, 3.05) is 24.6 Å². The number of alkyl halides is 1. The van der Waals surface area contributed by atoms with Gasteiger partial charge in [0.1, 0.15) is 12.4 Å². The number of carbonyl (C=O) groups is 1. The van der Waals surface area contributed by atoms with Crippen molar-refractivity contribution in [1.29, 1.82) is 0 Å². The van der Waals surface area contributed by atoms with Crippen molar-refractivity contribution < 1.29 is 23.8 Å². The van der Waals surface area contributed by atoms with Gasteiger partial charge in [-0.15, -0.1) is 0 Å². The van der Waals surface area contributed by atoms with Crippen LogP contribution in [-0.2, 0) is 16.2 Å². The Kier molecular flexibility index (Phi) is 8.59. The number of carboxylic acids is 1. The summed E-state index contributed by atoms with van der Waals surface area (Å²) in [4.78, 5) is 23.6. The van der Waals surface area contributed by atoms with Crippen LogP contribution in [0.3, 0.4) is 0 Å². The molecule has 1 saturated heterocycles. The fraction of sp³-hybridized carbons (Fsp3) is 0.607. The van der Waals surface area contributed by atoms with Crippen molar-refractivity contribution in [3.63, 3.8) is 0 Å². The zero-order chi connectivity index (χ0) is 26.7. The van der Waals surface area contributed by atoms with E-state index >= 15 is 0 Å². The molecule has 198 valence electrons. The first-order valence-corrected chi connectivity index (χ1v) is 12.6. The maximum absolute atomic E-state index is 14.3. The van der Waals surface area contributed by atoms with Crippen molar-refractivity contribution in [2.45, 2.75) is 79.7 Å². The molecule has 0 amide bonds. The lowest BCUT2D eigenvalue weighted by Crippen LogP contribution is -2.39. The molecule has 0 spiro atoms. The minimum absolute atomic E-state index is 0.0760. The van der Waals surface area contributed by atoms with Gasteiger partial charge < -0.3 is 19.5 Å². The molecule has 1 aliphatic rings. The lowest BCUT2D eigenvalue weighted by atomic mass is 9.82. The normalized spacial score (nSPS) is 16.8. The monoisotopic (exact) mass is 501 g/mol. The van der Waals surface area contributed by atoms with Crippen LogP contribution in [0.2, 0.25) is 0 Å². The van der Waals surface area contributed by atoms with E-state index in [-0.39, 0.29) is 16.7 Å². The average molecular weight is 502 g/mol. The van der Waals surface area contributed by atoms with Gasteiger partial charge >= 0.3 is 5.97 Å². The number of aliphatic carboxylic acids is 1. The molecule has 0 aliphatic carbocycles. The highest BCUT2D eigenvalue weighted by Crippen LogP contribution is 2.43. The summed E-state index contributed by atoms with van der Waals surface area (Å²) in [7, 11) is 0. The Morgan fingerprint density at radius 1 is 1.17 bits per heavy atom. The molecule has 2 aromatic rings. The van der Waals surface area contributed by atoms with Crippen LogP contribution in [0.15, 0.2) is 24.5 Å². The molecule has 7 nitrogen and oxygen atoms in total. The van der Waals surface area contributed by atoms with Gasteiger partial charge in [0, 0.05) is 30.4 Å². The summed E-state index contributed by atoms with van der Waals surface area (Å²) >= 11 is 0. The van der Waals surface area contributed by atoms with Crippen molar-refractivity contribution >= 4 is 11.7 Å². The second-order valence-electron chi connectivity index (χ2n) is 11.7. The van der Waals surface area contributed by atoms with Crippen LogP contribution in [0, 0.1) is 11.3 Å². The van der Waals surface area contributed by atoms with Gasteiger partial charge in [-0.2, -0.15) is 0 Å². The van der Waals surface area contributed by atoms with Crippen LogP contribution in [0.25, 0.3) is 11.3 Å². The highest BCUT2D eigenvalue weighted by atomic mass is 19.1. The van der Waals surface area contributed by atoms with Crippen molar-refractivity contribution in [3.05, 3.63) is 35.8 Å². The molecule has 36 heavy (non-hydrogen) atoms. The quantitative estimate of drug-likeness (QED) is 0.437. The van der Waals surface area contributed by atoms with Crippen LogP contribution in [0.1, 0.15) is 78.7 Å². The lowest BCUT2D eigenvalue weighted by molar-refractivity contribution is -0.160. The third-order valence-corrected chi connectivity index (χ3v) is 6.28. The van der Waals surface area contributed by atoms with E-state index in [2.05, 4.69) is 42.6 Å². The van der Waals surface area contributed by atoms with E-state index in [1.807, 2.05) is 12.1 Å². The van der Waals surface area contributed by atoms with Crippen LogP contribution in [0.4, 0.5) is 10.1 Å². The lowest BCUT2D eigenvalue weighted by Gasteiger charge is -2.40. The van der Waals surface area contributed by atoms with Crippen LogP contribution in [-0.4, -0.2) is 46.3 Å². The number of rotatable bonds is 9. The second-order valence-corrected chi connectivity index (χ2v) is 11.7. The van der Waals surface area contributed by atoms with Crippen LogP contribution >= 0.6 is 0 Å². The Morgan fingerprint density at radius 3 is 2.33 bits per heavy atom. The van der Waals surface area contributed by atoms with Crippen molar-refractivity contribution in [1.82, 2.24) is 9.97 Å². The molecule has 2 aromatic heterocycles. The fourth-order valence-corrected chi connectivity index (χ4v) is 4.27. The molecule has 8 heteroatoms. The zero-order valence-electron chi connectivity index (χ0n) is 22.6. The first kappa shape index (κ1) is 27.8. The molecule has 1 aliphatic heterocycles. The Hall–Kier alpha value is -2.74. The third-order valence-electron chi connectivity index (χ3n) is 6.28. The summed E-state index contributed by atoms with van der Waals surface area (Å²) in [6.45, 7) is 15.1. The molecule has 1 fully saturated rings. The highest BCUT2D eigenvalue weighted by molar-refractivity contribution is 5.85. The maximum Gasteiger partial charge on any atom is 0.337 e. The Bertz CT molecular complexity index is 1040. The largest absolute Gasteiger partial charge is 0.492 e. The minimum Gasteiger partial charge on any atom is -0.492 e. The third kappa shape index (κ3) is 6.93. The molecule has 0 radical (unpaired) electrons. The van der Waals surface area contributed by atoms with Crippen molar-refractivity contribution in [3.8, 4) is 17.0 Å². The first-order valence-electron chi connectivity index (χ1n) is 12.6. The Labute approximate surface area is 214 Å². The molecule has 0 bridgehead atoms. The summed E-state index contributed by atoms with van der Waals surface area (Å²) in [6.07, 6.45) is 3.73. The summed E-state index contributed by atoms with van der Waals surface area (Å²) < 4.78 is 26.1. The van der Waals surface area contributed by atoms with E-state index in [1.165, 1.54) is 0 Å². The van der Waals surface area contributed by atoms with Crippen LogP contribution in [0.5, 0.6) is 5.75 Å². The standard InChI is InChI=1S/C28H40FN3O4/c1-18(2)17-35-19-8-9-21(30-15-19)20-16-31-22(14-29)23(25(26(33)34)36-27(3,4)5)24(20)32-12-10-28(6,7)11-13-32/h8-9,15-16,18,25H,10-14,17H2,1-7H3,(H,33,34)/t25-/m0/s1. The maximum atomic E-state index is 14.3. The van der Waals surface area contributed by atoms with Gasteiger partial charge in [0.25, 0.3) is 0 Å². The van der Waals surface area contributed by atoms with E-state index in [0.717, 1.165) is 12.8 Å². The summed E-state index contributed by atoms with van der Waals surface area (Å²) in [6, 6.07) is 3.68. The van der Waals surface area contributed by atoms with E-state index in [0.29, 0.717) is 48.3 Å². The summed E-state index contributed by atoms with van der Waals surface area (Å²) in [5.41, 5.74) is 1.65. The van der Waals surface area contributed by atoms with Gasteiger partial charge in [-0.05, 0) is 57.1 Å². The topological polar surface area (TPSA) is 84.8 Å². The molecular formula is C28H40FN3O4. The van der Waals surface area contributed by atoms with Gasteiger partial charge in [0.05, 0.1) is 35.5 Å². The van der Waals surface area contributed by atoms with E-state index < -0.39 is 24.3 Å².